The SMILES string of the molecule is CCOC(=O)C1=C(C)N=c2s/c(=C\c3ccc(OCc4ccccc4Cl)c(OC)c3)c(=O)n2[C@@H]1c1ccccc1. The molecule has 0 saturated heterocycles. The predicted molar refractivity (Wildman–Crippen MR) is 156 cm³/mol. The molecular formula is C31H27ClN2O5S. The molecule has 1 aromatic heterocycles. The fourth-order valence-electron chi connectivity index (χ4n) is 4.56. The second-order valence-corrected chi connectivity index (χ2v) is 10.4. The van der Waals surface area contributed by atoms with E-state index < -0.39 is 12.0 Å². The zero-order valence-electron chi connectivity index (χ0n) is 22.2. The first-order valence-electron chi connectivity index (χ1n) is 12.7. The van der Waals surface area contributed by atoms with Crippen LogP contribution in [-0.4, -0.2) is 24.3 Å². The minimum Gasteiger partial charge on any atom is -0.493 e. The van der Waals surface area contributed by atoms with Crippen molar-refractivity contribution < 1.29 is 19.0 Å². The Morgan fingerprint density at radius 1 is 1.07 bits per heavy atom. The zero-order chi connectivity index (χ0) is 28.2. The van der Waals surface area contributed by atoms with Crippen LogP contribution < -0.4 is 24.4 Å². The summed E-state index contributed by atoms with van der Waals surface area (Å²) in [4.78, 5) is 31.9. The number of nitrogens with zero attached hydrogens (tertiary/aromatic N) is 2. The summed E-state index contributed by atoms with van der Waals surface area (Å²) in [5.41, 5.74) is 3.06. The smallest absolute Gasteiger partial charge is 0.338 e. The molecule has 0 aliphatic carbocycles. The van der Waals surface area contributed by atoms with Gasteiger partial charge in [-0.25, -0.2) is 9.79 Å². The fourth-order valence-corrected chi connectivity index (χ4v) is 5.79. The van der Waals surface area contributed by atoms with Crippen LogP contribution in [0.5, 0.6) is 11.5 Å². The van der Waals surface area contributed by atoms with Crippen LogP contribution in [0.2, 0.25) is 5.02 Å². The number of carbonyl (C=O) groups excluding carboxylic acids is 1. The van der Waals surface area contributed by atoms with E-state index in [1.807, 2.05) is 66.7 Å². The number of thiazole rings is 1. The van der Waals surface area contributed by atoms with E-state index in [0.29, 0.717) is 37.1 Å². The summed E-state index contributed by atoms with van der Waals surface area (Å²) in [7, 11) is 1.56. The number of halogens is 1. The van der Waals surface area contributed by atoms with Crippen LogP contribution in [0.3, 0.4) is 0 Å². The predicted octanol–water partition coefficient (Wildman–Crippen LogP) is 5.04. The molecule has 0 N–H and O–H groups in total. The number of esters is 1. The number of ether oxygens (including phenoxy) is 3. The highest BCUT2D eigenvalue weighted by Gasteiger charge is 2.33. The fraction of sp³-hybridized carbons (Fsp3) is 0.194. The monoisotopic (exact) mass is 574 g/mol. The Kier molecular flexibility index (Phi) is 8.19. The van der Waals surface area contributed by atoms with Gasteiger partial charge in [0, 0.05) is 10.6 Å². The second kappa shape index (κ2) is 11.9. The molecule has 2 heterocycles. The van der Waals surface area contributed by atoms with E-state index in [2.05, 4.69) is 4.99 Å². The van der Waals surface area contributed by atoms with Gasteiger partial charge in [-0.05, 0) is 49.2 Å². The van der Waals surface area contributed by atoms with Gasteiger partial charge in [0.05, 0.1) is 35.6 Å². The average molecular weight is 575 g/mol. The van der Waals surface area contributed by atoms with E-state index in [1.165, 1.54) is 11.3 Å². The third kappa shape index (κ3) is 5.46. The van der Waals surface area contributed by atoms with Gasteiger partial charge < -0.3 is 14.2 Å². The van der Waals surface area contributed by atoms with Crippen molar-refractivity contribution in [2.75, 3.05) is 13.7 Å². The molecule has 0 saturated carbocycles. The summed E-state index contributed by atoms with van der Waals surface area (Å²) in [6.07, 6.45) is 1.79. The van der Waals surface area contributed by atoms with Gasteiger partial charge >= 0.3 is 5.97 Å². The summed E-state index contributed by atoms with van der Waals surface area (Å²) in [6, 6.07) is 21.7. The molecule has 0 spiro atoms. The Balaban J connectivity index is 1.54. The number of aromatic nitrogens is 1. The van der Waals surface area contributed by atoms with E-state index in [9.17, 15) is 9.59 Å². The molecule has 4 aromatic rings. The van der Waals surface area contributed by atoms with Crippen molar-refractivity contribution in [2.45, 2.75) is 26.5 Å². The van der Waals surface area contributed by atoms with Crippen LogP contribution in [0.1, 0.15) is 36.6 Å². The molecule has 1 atom stereocenters. The molecule has 7 nitrogen and oxygen atoms in total. The van der Waals surface area contributed by atoms with Crippen LogP contribution in [0, 0.1) is 0 Å². The maximum absolute atomic E-state index is 13.8. The largest absolute Gasteiger partial charge is 0.493 e. The van der Waals surface area contributed by atoms with Gasteiger partial charge in [-0.2, -0.15) is 0 Å². The molecule has 1 aliphatic heterocycles. The van der Waals surface area contributed by atoms with Crippen LogP contribution in [0.25, 0.3) is 6.08 Å². The highest BCUT2D eigenvalue weighted by Crippen LogP contribution is 2.31. The van der Waals surface area contributed by atoms with Gasteiger partial charge in [-0.15, -0.1) is 0 Å². The number of carbonyl (C=O) groups is 1. The van der Waals surface area contributed by atoms with Crippen LogP contribution in [-0.2, 0) is 16.1 Å². The molecule has 5 rings (SSSR count). The molecule has 0 radical (unpaired) electrons. The first kappa shape index (κ1) is 27.4. The van der Waals surface area contributed by atoms with Crippen molar-refractivity contribution in [3.8, 4) is 11.5 Å². The summed E-state index contributed by atoms with van der Waals surface area (Å²) in [5, 5.41) is 0.628. The Hall–Kier alpha value is -4.14. The van der Waals surface area contributed by atoms with Crippen LogP contribution in [0.4, 0.5) is 0 Å². The number of hydrogen-bond acceptors (Lipinski definition) is 7. The second-order valence-electron chi connectivity index (χ2n) is 9.00. The van der Waals surface area contributed by atoms with E-state index in [1.54, 1.807) is 37.7 Å². The number of rotatable bonds is 8. The lowest BCUT2D eigenvalue weighted by Gasteiger charge is -2.24. The van der Waals surface area contributed by atoms with Crippen molar-refractivity contribution in [1.29, 1.82) is 0 Å². The third-order valence-corrected chi connectivity index (χ3v) is 7.81. The third-order valence-electron chi connectivity index (χ3n) is 6.46. The lowest BCUT2D eigenvalue weighted by molar-refractivity contribution is -0.139. The molecule has 0 fully saturated rings. The highest BCUT2D eigenvalue weighted by atomic mass is 35.5. The van der Waals surface area contributed by atoms with Crippen molar-refractivity contribution in [2.24, 2.45) is 4.99 Å². The van der Waals surface area contributed by atoms with E-state index in [4.69, 9.17) is 25.8 Å². The topological polar surface area (TPSA) is 79.1 Å². The number of allylic oxidation sites excluding steroid dienone is 1. The Morgan fingerprint density at radius 3 is 2.55 bits per heavy atom. The summed E-state index contributed by atoms with van der Waals surface area (Å²) in [5.74, 6) is 0.597. The Labute approximate surface area is 240 Å². The van der Waals surface area contributed by atoms with Crippen molar-refractivity contribution in [1.82, 2.24) is 4.57 Å². The minimum atomic E-state index is -0.645. The molecule has 204 valence electrons. The maximum atomic E-state index is 13.8. The standard InChI is InChI=1S/C31H27ClN2O5S/c1-4-38-30(36)27-19(2)33-31-34(28(27)21-10-6-5-7-11-21)29(35)26(40-31)17-20-14-15-24(25(16-20)37-3)39-18-22-12-8-9-13-23(22)32/h5-17,28H,4,18H2,1-3H3/b26-17-/t28-/m1/s1. The summed E-state index contributed by atoms with van der Waals surface area (Å²) in [6.45, 7) is 4.03. The van der Waals surface area contributed by atoms with Gasteiger partial charge in [0.15, 0.2) is 16.3 Å². The van der Waals surface area contributed by atoms with Crippen LogP contribution in [0.15, 0.2) is 93.9 Å². The molecule has 1 aliphatic rings. The first-order chi connectivity index (χ1) is 19.4. The average Bonchev–Trinajstić information content (AvgIpc) is 3.26. The summed E-state index contributed by atoms with van der Waals surface area (Å²) < 4.78 is 18.9. The van der Waals surface area contributed by atoms with E-state index in [-0.39, 0.29) is 18.8 Å². The number of methoxy groups -OCH3 is 1. The molecule has 0 amide bonds. The van der Waals surface area contributed by atoms with Crippen LogP contribution >= 0.6 is 22.9 Å². The number of hydrogen-bond donors (Lipinski definition) is 0. The highest BCUT2D eigenvalue weighted by molar-refractivity contribution is 7.07. The van der Waals surface area contributed by atoms with Gasteiger partial charge in [-0.3, -0.25) is 9.36 Å². The number of benzene rings is 3. The van der Waals surface area contributed by atoms with Crippen molar-refractivity contribution in [3.05, 3.63) is 125 Å². The lowest BCUT2D eigenvalue weighted by atomic mass is 9.96. The van der Waals surface area contributed by atoms with Crippen molar-refractivity contribution in [3.63, 3.8) is 0 Å². The van der Waals surface area contributed by atoms with E-state index >= 15 is 0 Å². The molecule has 3 aromatic carbocycles. The number of fused-ring (bicyclic) bond motifs is 1. The van der Waals surface area contributed by atoms with Gasteiger partial charge in [-0.1, -0.05) is 77.5 Å². The minimum absolute atomic E-state index is 0.224. The lowest BCUT2D eigenvalue weighted by Crippen LogP contribution is -2.39. The Bertz CT molecular complexity index is 1780. The van der Waals surface area contributed by atoms with Gasteiger partial charge in [0.1, 0.15) is 6.61 Å². The van der Waals surface area contributed by atoms with Gasteiger partial charge in [0.25, 0.3) is 5.56 Å². The molecule has 9 heteroatoms. The Morgan fingerprint density at radius 2 is 1.82 bits per heavy atom. The maximum Gasteiger partial charge on any atom is 0.338 e. The van der Waals surface area contributed by atoms with E-state index in [0.717, 1.165) is 16.7 Å². The molecule has 40 heavy (non-hydrogen) atoms. The quantitative estimate of drug-likeness (QED) is 0.276. The zero-order valence-corrected chi connectivity index (χ0v) is 23.8. The first-order valence-corrected chi connectivity index (χ1v) is 13.9. The molecule has 0 unspecified atom stereocenters. The summed E-state index contributed by atoms with van der Waals surface area (Å²) >= 11 is 7.52. The van der Waals surface area contributed by atoms with Crippen molar-refractivity contribution >= 4 is 35.0 Å². The molecule has 0 bridgehead atoms. The normalized spacial score (nSPS) is 14.9. The molecular weight excluding hydrogens is 548 g/mol. The van der Waals surface area contributed by atoms with Gasteiger partial charge in [0.2, 0.25) is 0 Å².